The van der Waals surface area contributed by atoms with Gasteiger partial charge in [-0.25, -0.2) is 4.98 Å². The molecular weight excluding hydrogens is 551 g/mol. The summed E-state index contributed by atoms with van der Waals surface area (Å²) in [6.45, 7) is 7.33. The van der Waals surface area contributed by atoms with Gasteiger partial charge in [0, 0.05) is 36.2 Å². The molecule has 0 fully saturated rings. The van der Waals surface area contributed by atoms with E-state index >= 15 is 0 Å². The molecule has 1 heterocycles. The summed E-state index contributed by atoms with van der Waals surface area (Å²) in [5, 5.41) is 1.14. The minimum atomic E-state index is 0.258. The number of Topliss-reactive ketones (excluding diaryl/α,β-unsaturated/α-hetero) is 1. The summed E-state index contributed by atoms with van der Waals surface area (Å²) >= 11 is 12.6. The molecule has 0 unspecified atom stereocenters. The molecule has 41 heavy (non-hydrogen) atoms. The molecule has 0 atom stereocenters. The van der Waals surface area contributed by atoms with Gasteiger partial charge in [-0.05, 0) is 77.8 Å². The number of hydrogen-bond acceptors (Lipinski definition) is 3. The smallest absolute Gasteiger partial charge is 0.133 e. The van der Waals surface area contributed by atoms with Crippen molar-refractivity contribution in [3.05, 3.63) is 94.4 Å². The molecule has 6 heteroatoms. The first-order chi connectivity index (χ1) is 19.6. The van der Waals surface area contributed by atoms with E-state index in [4.69, 9.17) is 32.9 Å². The van der Waals surface area contributed by atoms with E-state index in [-0.39, 0.29) is 5.41 Å². The number of aromatic nitrogens is 2. The van der Waals surface area contributed by atoms with Gasteiger partial charge in [0.2, 0.25) is 0 Å². The highest BCUT2D eigenvalue weighted by atomic mass is 35.5. The molecule has 0 spiro atoms. The minimum absolute atomic E-state index is 0.258. The Morgan fingerprint density at radius 2 is 1.56 bits per heavy atom. The highest BCUT2D eigenvalue weighted by Gasteiger charge is 2.13. The zero-order chi connectivity index (χ0) is 29.4. The molecule has 3 aromatic carbocycles. The number of carbonyl (C=O) groups is 1. The van der Waals surface area contributed by atoms with Gasteiger partial charge in [0.25, 0.3) is 0 Å². The summed E-state index contributed by atoms with van der Waals surface area (Å²) in [7, 11) is 1.67. The standard InChI is InChI=1S/C35H38Cl2N2O2/c1-35(2,3)21-5-7-29(40)8-6-22-39-24-33(31-19-16-28(36)23-32(31)37)38-34(39)20-11-25-9-12-26(13-10-25)27-14-17-30(41-4)18-15-27/h9-20,23-24H,5-8,21-22H2,1-4H3/b20-11+. The van der Waals surface area contributed by atoms with Crippen molar-refractivity contribution < 1.29 is 9.53 Å². The Labute approximate surface area is 254 Å². The van der Waals surface area contributed by atoms with Gasteiger partial charge in [0.1, 0.15) is 17.4 Å². The van der Waals surface area contributed by atoms with Crippen LogP contribution in [0.3, 0.4) is 0 Å². The summed E-state index contributed by atoms with van der Waals surface area (Å²) in [6, 6.07) is 21.9. The molecule has 0 bridgehead atoms. The van der Waals surface area contributed by atoms with Crippen molar-refractivity contribution in [3.8, 4) is 28.1 Å². The van der Waals surface area contributed by atoms with Crippen molar-refractivity contribution in [3.63, 3.8) is 0 Å². The van der Waals surface area contributed by atoms with Crippen molar-refractivity contribution in [1.82, 2.24) is 9.55 Å². The first-order valence-electron chi connectivity index (χ1n) is 14.1. The fourth-order valence-electron chi connectivity index (χ4n) is 4.70. The van der Waals surface area contributed by atoms with E-state index < -0.39 is 0 Å². The number of methoxy groups -OCH3 is 1. The third-order valence-electron chi connectivity index (χ3n) is 7.01. The largest absolute Gasteiger partial charge is 0.497 e. The van der Waals surface area contributed by atoms with Crippen LogP contribution in [0.2, 0.25) is 10.0 Å². The number of benzene rings is 3. The number of carbonyl (C=O) groups excluding carboxylic acids is 1. The lowest BCUT2D eigenvalue weighted by atomic mass is 9.89. The summed E-state index contributed by atoms with van der Waals surface area (Å²) in [4.78, 5) is 17.4. The predicted molar refractivity (Wildman–Crippen MR) is 173 cm³/mol. The Balaban J connectivity index is 1.48. The molecule has 214 valence electrons. The molecule has 0 aliphatic heterocycles. The molecule has 4 rings (SSSR count). The fraction of sp³-hybridized carbons (Fsp3) is 0.314. The summed E-state index contributed by atoms with van der Waals surface area (Å²) in [5.74, 6) is 1.97. The molecule has 0 saturated heterocycles. The normalized spacial score (nSPS) is 11.8. The number of hydrogen-bond donors (Lipinski definition) is 0. The summed E-state index contributed by atoms with van der Waals surface area (Å²) in [5.41, 5.74) is 5.20. The average molecular weight is 590 g/mol. The van der Waals surface area contributed by atoms with Gasteiger partial charge >= 0.3 is 0 Å². The van der Waals surface area contributed by atoms with E-state index in [0.717, 1.165) is 58.8 Å². The van der Waals surface area contributed by atoms with Gasteiger partial charge in [-0.3, -0.25) is 4.79 Å². The van der Waals surface area contributed by atoms with E-state index in [1.54, 1.807) is 13.2 Å². The van der Waals surface area contributed by atoms with Crippen LogP contribution in [0.15, 0.2) is 72.9 Å². The maximum Gasteiger partial charge on any atom is 0.133 e. The lowest BCUT2D eigenvalue weighted by molar-refractivity contribution is -0.119. The van der Waals surface area contributed by atoms with E-state index in [2.05, 4.69) is 67.8 Å². The molecule has 4 nitrogen and oxygen atoms in total. The van der Waals surface area contributed by atoms with Gasteiger partial charge in [0.05, 0.1) is 17.8 Å². The summed E-state index contributed by atoms with van der Waals surface area (Å²) < 4.78 is 7.37. The van der Waals surface area contributed by atoms with Gasteiger partial charge in [0.15, 0.2) is 0 Å². The predicted octanol–water partition coefficient (Wildman–Crippen LogP) is 10.3. The topological polar surface area (TPSA) is 44.1 Å². The molecular formula is C35H38Cl2N2O2. The number of aryl methyl sites for hydroxylation is 1. The fourth-order valence-corrected chi connectivity index (χ4v) is 5.20. The van der Waals surface area contributed by atoms with Crippen LogP contribution in [0.5, 0.6) is 5.75 Å². The molecule has 0 amide bonds. The monoisotopic (exact) mass is 588 g/mol. The first-order valence-corrected chi connectivity index (χ1v) is 14.8. The van der Waals surface area contributed by atoms with Gasteiger partial charge < -0.3 is 9.30 Å². The Kier molecular flexibility index (Phi) is 10.5. The Bertz CT molecular complexity index is 1480. The first kappa shape index (κ1) is 30.6. The number of nitrogens with zero attached hydrogens (tertiary/aromatic N) is 2. The van der Waals surface area contributed by atoms with Crippen molar-refractivity contribution in [2.75, 3.05) is 7.11 Å². The van der Waals surface area contributed by atoms with E-state index in [1.807, 2.05) is 36.5 Å². The average Bonchev–Trinajstić information content (AvgIpc) is 3.34. The van der Waals surface area contributed by atoms with E-state index in [9.17, 15) is 4.79 Å². The number of ether oxygens (including phenoxy) is 1. The van der Waals surface area contributed by atoms with Gasteiger partial charge in [-0.15, -0.1) is 0 Å². The van der Waals surface area contributed by atoms with E-state index in [1.165, 1.54) is 0 Å². The number of ketones is 1. The van der Waals surface area contributed by atoms with Crippen LogP contribution < -0.4 is 4.74 Å². The van der Waals surface area contributed by atoms with E-state index in [0.29, 0.717) is 35.2 Å². The van der Waals surface area contributed by atoms with Crippen LogP contribution >= 0.6 is 23.2 Å². The van der Waals surface area contributed by atoms with Crippen LogP contribution in [0.25, 0.3) is 34.5 Å². The molecule has 0 N–H and O–H groups in total. The van der Waals surface area contributed by atoms with Crippen molar-refractivity contribution in [2.45, 2.75) is 59.4 Å². The number of imidazole rings is 1. The van der Waals surface area contributed by atoms with Crippen LogP contribution in [0.4, 0.5) is 0 Å². The summed E-state index contributed by atoms with van der Waals surface area (Å²) in [6.07, 6.45) is 10.0. The molecule has 1 aromatic heterocycles. The maximum atomic E-state index is 12.5. The lowest BCUT2D eigenvalue weighted by Crippen LogP contribution is -2.07. The Morgan fingerprint density at radius 1 is 0.902 bits per heavy atom. The third kappa shape index (κ3) is 9.08. The van der Waals surface area contributed by atoms with Gasteiger partial charge in [-0.1, -0.05) is 86.4 Å². The van der Waals surface area contributed by atoms with Crippen molar-refractivity contribution in [1.29, 1.82) is 0 Å². The Morgan fingerprint density at radius 3 is 2.20 bits per heavy atom. The lowest BCUT2D eigenvalue weighted by Gasteiger charge is -2.17. The second-order valence-corrected chi connectivity index (χ2v) is 12.4. The van der Waals surface area contributed by atoms with Crippen LogP contribution in [0.1, 0.15) is 64.3 Å². The van der Waals surface area contributed by atoms with Crippen LogP contribution in [-0.4, -0.2) is 22.4 Å². The minimum Gasteiger partial charge on any atom is -0.497 e. The number of halogens is 2. The number of rotatable bonds is 12. The maximum absolute atomic E-state index is 12.5. The molecule has 0 radical (unpaired) electrons. The molecule has 4 aromatic rings. The highest BCUT2D eigenvalue weighted by molar-refractivity contribution is 6.36. The zero-order valence-electron chi connectivity index (χ0n) is 24.3. The van der Waals surface area contributed by atoms with Crippen LogP contribution in [0, 0.1) is 5.41 Å². The van der Waals surface area contributed by atoms with Crippen molar-refractivity contribution >= 4 is 41.1 Å². The van der Waals surface area contributed by atoms with Gasteiger partial charge in [-0.2, -0.15) is 0 Å². The molecule has 0 aliphatic carbocycles. The van der Waals surface area contributed by atoms with Crippen molar-refractivity contribution in [2.24, 2.45) is 5.41 Å². The third-order valence-corrected chi connectivity index (χ3v) is 7.56. The zero-order valence-corrected chi connectivity index (χ0v) is 25.8. The van der Waals surface area contributed by atoms with Crippen LogP contribution in [-0.2, 0) is 11.3 Å². The second kappa shape index (κ2) is 14.0. The highest BCUT2D eigenvalue weighted by Crippen LogP contribution is 2.31. The quantitative estimate of drug-likeness (QED) is 0.165. The second-order valence-electron chi connectivity index (χ2n) is 11.5. The SMILES string of the molecule is COc1ccc(-c2ccc(/C=C/c3nc(-c4ccc(Cl)cc4Cl)cn3CCCC(=O)CCCC(C)(C)C)cc2)cc1. The Hall–Kier alpha value is -3.34. The molecule has 0 saturated carbocycles. The molecule has 0 aliphatic rings.